The summed E-state index contributed by atoms with van der Waals surface area (Å²) in [5, 5.41) is 0.0408. The van der Waals surface area contributed by atoms with Gasteiger partial charge in [0.05, 0.1) is 12.0 Å². The number of H-pyrrole nitrogens is 1. The van der Waals surface area contributed by atoms with Crippen molar-refractivity contribution in [3.05, 3.63) is 21.2 Å². The van der Waals surface area contributed by atoms with Crippen LogP contribution in [0.25, 0.3) is 0 Å². The molecule has 2 aliphatic rings. The fourth-order valence-electron chi connectivity index (χ4n) is 1.88. The van der Waals surface area contributed by atoms with Crippen molar-refractivity contribution < 1.29 is 4.79 Å². The van der Waals surface area contributed by atoms with Gasteiger partial charge >= 0.3 is 0 Å². The van der Waals surface area contributed by atoms with Gasteiger partial charge in [0.25, 0.3) is 5.56 Å². The number of nitrogens with one attached hydrogen (secondary N) is 1. The number of carbonyl (C=O) groups excluding carboxylic acids is 1. The molecule has 0 radical (unpaired) electrons. The Morgan fingerprint density at radius 1 is 1.40 bits per heavy atom. The minimum Gasteiger partial charge on any atom is -0.297 e. The Morgan fingerprint density at radius 2 is 2.13 bits per heavy atom. The lowest BCUT2D eigenvalue weighted by atomic mass is 10.3. The summed E-state index contributed by atoms with van der Waals surface area (Å²) in [4.78, 5) is 31.2. The summed E-state index contributed by atoms with van der Waals surface area (Å²) >= 11 is 5.66. The van der Waals surface area contributed by atoms with Crippen molar-refractivity contribution >= 4 is 23.3 Å². The normalized spacial score (nSPS) is 19.5. The first-order chi connectivity index (χ1) is 7.16. The van der Waals surface area contributed by atoms with Crippen LogP contribution in [-0.2, 0) is 11.2 Å². The number of rotatable bonds is 1. The largest absolute Gasteiger partial charge is 0.297 e. The Kier molecular flexibility index (Phi) is 1.68. The van der Waals surface area contributed by atoms with Crippen molar-refractivity contribution in [2.75, 3.05) is 4.90 Å². The van der Waals surface area contributed by atoms with E-state index in [1.165, 1.54) is 0 Å². The van der Waals surface area contributed by atoms with Crippen LogP contribution in [-0.4, -0.2) is 21.9 Å². The SMILES string of the molecule is O=C1Cc2c(nc(Cl)[nH]c2=O)N1C1CC1. The number of hydrogen-bond acceptors (Lipinski definition) is 3. The zero-order valence-corrected chi connectivity index (χ0v) is 8.54. The third-order valence-corrected chi connectivity index (χ3v) is 2.88. The van der Waals surface area contributed by atoms with Crippen molar-refractivity contribution in [1.29, 1.82) is 0 Å². The van der Waals surface area contributed by atoms with Gasteiger partial charge < -0.3 is 0 Å². The molecule has 1 aliphatic heterocycles. The molecule has 0 saturated heterocycles. The average molecular weight is 226 g/mol. The lowest BCUT2D eigenvalue weighted by Gasteiger charge is -2.14. The van der Waals surface area contributed by atoms with Gasteiger partial charge in [0.15, 0.2) is 0 Å². The Morgan fingerprint density at radius 3 is 2.80 bits per heavy atom. The minimum atomic E-state index is -0.304. The highest BCUT2D eigenvalue weighted by Crippen LogP contribution is 2.36. The van der Waals surface area contributed by atoms with Crippen LogP contribution in [0, 0.1) is 0 Å². The van der Waals surface area contributed by atoms with Gasteiger partial charge in [-0.05, 0) is 24.4 Å². The van der Waals surface area contributed by atoms with Gasteiger partial charge in [0.2, 0.25) is 11.2 Å². The van der Waals surface area contributed by atoms with Crippen LogP contribution in [0.1, 0.15) is 18.4 Å². The number of hydrogen-bond donors (Lipinski definition) is 1. The van der Waals surface area contributed by atoms with E-state index < -0.39 is 0 Å². The molecule has 1 saturated carbocycles. The maximum absolute atomic E-state index is 11.7. The number of carbonyl (C=O) groups is 1. The van der Waals surface area contributed by atoms with Crippen LogP contribution in [0.4, 0.5) is 5.82 Å². The molecule has 15 heavy (non-hydrogen) atoms. The number of aromatic nitrogens is 2. The van der Waals surface area contributed by atoms with Crippen LogP contribution < -0.4 is 10.5 Å². The first-order valence-corrected chi connectivity index (χ1v) is 5.15. The predicted molar refractivity (Wildman–Crippen MR) is 54.1 cm³/mol. The van der Waals surface area contributed by atoms with Crippen LogP contribution in [0.2, 0.25) is 5.28 Å². The number of amides is 1. The van der Waals surface area contributed by atoms with Crippen molar-refractivity contribution in [2.24, 2.45) is 0 Å². The number of halogens is 1. The maximum Gasteiger partial charge on any atom is 0.257 e. The van der Waals surface area contributed by atoms with Crippen LogP contribution in [0.5, 0.6) is 0 Å². The van der Waals surface area contributed by atoms with Crippen LogP contribution >= 0.6 is 11.6 Å². The van der Waals surface area contributed by atoms with E-state index in [0.717, 1.165) is 12.8 Å². The van der Waals surface area contributed by atoms with Gasteiger partial charge in [-0.1, -0.05) is 0 Å². The Balaban J connectivity index is 2.19. The topological polar surface area (TPSA) is 66.1 Å². The highest BCUT2D eigenvalue weighted by Gasteiger charge is 2.41. The predicted octanol–water partition coefficient (Wildman–Crippen LogP) is 0.475. The fraction of sp³-hybridized carbons (Fsp3) is 0.444. The van der Waals surface area contributed by atoms with E-state index in [4.69, 9.17) is 11.6 Å². The maximum atomic E-state index is 11.7. The van der Waals surface area contributed by atoms with E-state index in [0.29, 0.717) is 11.4 Å². The third-order valence-electron chi connectivity index (χ3n) is 2.70. The number of anilines is 1. The second-order valence-electron chi connectivity index (χ2n) is 3.83. The number of fused-ring (bicyclic) bond motifs is 1. The summed E-state index contributed by atoms with van der Waals surface area (Å²) in [6.07, 6.45) is 2.11. The summed E-state index contributed by atoms with van der Waals surface area (Å²) in [6.45, 7) is 0. The van der Waals surface area contributed by atoms with Gasteiger partial charge in [0.1, 0.15) is 5.82 Å². The molecule has 0 spiro atoms. The van der Waals surface area contributed by atoms with Crippen molar-refractivity contribution in [1.82, 2.24) is 9.97 Å². The summed E-state index contributed by atoms with van der Waals surface area (Å²) in [7, 11) is 0. The van der Waals surface area contributed by atoms with Crippen LogP contribution in [0.3, 0.4) is 0 Å². The summed E-state index contributed by atoms with van der Waals surface area (Å²) < 4.78 is 0. The van der Waals surface area contributed by atoms with Gasteiger partial charge in [-0.15, -0.1) is 0 Å². The monoisotopic (exact) mass is 225 g/mol. The van der Waals surface area contributed by atoms with E-state index in [1.807, 2.05) is 0 Å². The van der Waals surface area contributed by atoms with Gasteiger partial charge in [-0.25, -0.2) is 4.98 Å². The molecule has 0 aromatic carbocycles. The second-order valence-corrected chi connectivity index (χ2v) is 4.19. The first kappa shape index (κ1) is 8.91. The molecule has 5 nitrogen and oxygen atoms in total. The molecule has 1 aromatic heterocycles. The smallest absolute Gasteiger partial charge is 0.257 e. The number of nitrogens with zero attached hydrogens (tertiary/aromatic N) is 2. The van der Waals surface area contributed by atoms with E-state index in [1.54, 1.807) is 4.90 Å². The Labute approximate surface area is 90.1 Å². The first-order valence-electron chi connectivity index (χ1n) is 4.77. The zero-order valence-electron chi connectivity index (χ0n) is 7.79. The molecule has 78 valence electrons. The second kappa shape index (κ2) is 2.82. The Bertz CT molecular complexity index is 507. The fourth-order valence-corrected chi connectivity index (χ4v) is 2.05. The number of aromatic amines is 1. The van der Waals surface area contributed by atoms with Gasteiger partial charge in [-0.3, -0.25) is 19.5 Å². The van der Waals surface area contributed by atoms with Crippen molar-refractivity contribution in [2.45, 2.75) is 25.3 Å². The molecule has 1 aliphatic carbocycles. The summed E-state index contributed by atoms with van der Waals surface area (Å²) in [6, 6.07) is 0.226. The van der Waals surface area contributed by atoms with Crippen molar-refractivity contribution in [3.63, 3.8) is 0 Å². The average Bonchev–Trinajstić information content (AvgIpc) is 2.91. The Hall–Kier alpha value is -1.36. The highest BCUT2D eigenvalue weighted by molar-refractivity contribution is 6.28. The molecule has 3 rings (SSSR count). The molecule has 0 atom stereocenters. The molecule has 2 heterocycles. The molecule has 0 unspecified atom stereocenters. The highest BCUT2D eigenvalue weighted by atomic mass is 35.5. The molecule has 1 amide bonds. The molecule has 1 aromatic rings. The molecule has 1 fully saturated rings. The lowest BCUT2D eigenvalue weighted by Crippen LogP contribution is -2.29. The lowest BCUT2D eigenvalue weighted by molar-refractivity contribution is -0.117. The van der Waals surface area contributed by atoms with E-state index in [-0.39, 0.29) is 29.2 Å². The molecule has 1 N–H and O–H groups in total. The van der Waals surface area contributed by atoms with E-state index in [2.05, 4.69) is 9.97 Å². The summed E-state index contributed by atoms with van der Waals surface area (Å²) in [5.41, 5.74) is 0.137. The third kappa shape index (κ3) is 1.26. The van der Waals surface area contributed by atoms with Crippen molar-refractivity contribution in [3.8, 4) is 0 Å². The molecule has 6 heteroatoms. The molecular weight excluding hydrogens is 218 g/mol. The van der Waals surface area contributed by atoms with Crippen LogP contribution in [0.15, 0.2) is 4.79 Å². The summed E-state index contributed by atoms with van der Waals surface area (Å²) in [5.74, 6) is 0.406. The van der Waals surface area contributed by atoms with E-state index in [9.17, 15) is 9.59 Å². The van der Waals surface area contributed by atoms with Gasteiger partial charge in [0, 0.05) is 6.04 Å². The van der Waals surface area contributed by atoms with Gasteiger partial charge in [-0.2, -0.15) is 0 Å². The molecule has 0 bridgehead atoms. The standard InChI is InChI=1S/C9H8ClN3O2/c10-9-11-7-5(8(15)12-9)3-6(14)13(7)4-1-2-4/h4H,1-3H2,(H,11,12,15). The quantitative estimate of drug-likeness (QED) is 0.707. The molecular formula is C9H8ClN3O2. The zero-order chi connectivity index (χ0) is 10.6. The minimum absolute atomic E-state index is 0.0408. The van der Waals surface area contributed by atoms with E-state index >= 15 is 0 Å².